The van der Waals surface area contributed by atoms with Gasteiger partial charge in [0.1, 0.15) is 11.6 Å². The lowest BCUT2D eigenvalue weighted by Gasteiger charge is -2.33. The lowest BCUT2D eigenvalue weighted by molar-refractivity contribution is -0.137. The molecule has 0 unspecified atom stereocenters. The summed E-state index contributed by atoms with van der Waals surface area (Å²) in [6.45, 7) is -0.141. The first-order valence-corrected chi connectivity index (χ1v) is 12.0. The van der Waals surface area contributed by atoms with Crippen LogP contribution in [0.5, 0.6) is 0 Å². The minimum atomic E-state index is -4.75. The number of fused-ring (bicyclic) bond motifs is 2. The van der Waals surface area contributed by atoms with E-state index in [2.05, 4.69) is 0 Å². The summed E-state index contributed by atoms with van der Waals surface area (Å²) in [5, 5.41) is 0. The Morgan fingerprint density at radius 3 is 2.29 bits per heavy atom. The molecule has 11 heteroatoms. The second-order valence-electron chi connectivity index (χ2n) is 8.22. The first-order valence-electron chi connectivity index (χ1n) is 10.4. The van der Waals surface area contributed by atoms with Crippen molar-refractivity contribution in [3.63, 3.8) is 0 Å². The highest BCUT2D eigenvalue weighted by Gasteiger charge is 2.69. The van der Waals surface area contributed by atoms with E-state index in [-0.39, 0.29) is 23.5 Å². The van der Waals surface area contributed by atoms with E-state index < -0.39 is 49.8 Å². The second-order valence-corrected chi connectivity index (χ2v) is 10.3. The molecule has 5 rings (SSSR count). The van der Waals surface area contributed by atoms with Gasteiger partial charge < -0.3 is 4.90 Å². The monoisotopic (exact) mass is 504 g/mol. The molecule has 0 aromatic heterocycles. The predicted molar refractivity (Wildman–Crippen MR) is 118 cm³/mol. The molecule has 35 heavy (non-hydrogen) atoms. The van der Waals surface area contributed by atoms with Crippen LogP contribution in [-0.2, 0) is 37.0 Å². The average Bonchev–Trinajstić information content (AvgIpc) is 3.17. The molecule has 0 saturated carbocycles. The molecule has 1 atom stereocenters. The number of hydrogen-bond acceptors (Lipinski definition) is 4. The molecule has 1 spiro atoms. The van der Waals surface area contributed by atoms with E-state index in [1.165, 1.54) is 42.5 Å². The van der Waals surface area contributed by atoms with Crippen LogP contribution >= 0.6 is 0 Å². The molecule has 3 aromatic rings. The zero-order valence-electron chi connectivity index (χ0n) is 17.8. The molecule has 2 aliphatic heterocycles. The van der Waals surface area contributed by atoms with E-state index in [4.69, 9.17) is 0 Å². The van der Waals surface area contributed by atoms with Crippen LogP contribution in [0.3, 0.4) is 0 Å². The van der Waals surface area contributed by atoms with Crippen molar-refractivity contribution in [2.75, 3.05) is 15.6 Å². The smallest absolute Gasteiger partial charge is 0.304 e. The molecule has 2 aliphatic rings. The van der Waals surface area contributed by atoms with Crippen LogP contribution in [0.25, 0.3) is 0 Å². The van der Waals surface area contributed by atoms with Crippen LogP contribution in [-0.4, -0.2) is 26.0 Å². The minimum Gasteiger partial charge on any atom is -0.304 e. The van der Waals surface area contributed by atoms with Gasteiger partial charge in [-0.1, -0.05) is 36.4 Å². The topological polar surface area (TPSA) is 74.8 Å². The maximum atomic E-state index is 13.9. The molecule has 1 saturated heterocycles. The lowest BCUT2D eigenvalue weighted by Crippen LogP contribution is -2.54. The molecule has 6 nitrogen and oxygen atoms in total. The van der Waals surface area contributed by atoms with Crippen LogP contribution in [0.4, 0.5) is 28.9 Å². The van der Waals surface area contributed by atoms with Crippen LogP contribution < -0.4 is 9.80 Å². The molecular formula is C24H16F4N2O4S. The third-order valence-electron chi connectivity index (χ3n) is 6.11. The van der Waals surface area contributed by atoms with Gasteiger partial charge in [-0.15, -0.1) is 0 Å². The summed E-state index contributed by atoms with van der Waals surface area (Å²) >= 11 is 0. The quantitative estimate of drug-likeness (QED) is 0.506. The van der Waals surface area contributed by atoms with Crippen molar-refractivity contribution in [3.05, 3.63) is 95.3 Å². The number of sulfone groups is 1. The maximum absolute atomic E-state index is 13.9. The van der Waals surface area contributed by atoms with E-state index in [1.54, 1.807) is 6.07 Å². The molecule has 0 aliphatic carbocycles. The minimum absolute atomic E-state index is 0.0321. The molecule has 1 fully saturated rings. The van der Waals surface area contributed by atoms with Crippen LogP contribution in [0.2, 0.25) is 0 Å². The average molecular weight is 504 g/mol. The van der Waals surface area contributed by atoms with Gasteiger partial charge in [0.05, 0.1) is 17.8 Å². The largest absolute Gasteiger partial charge is 0.416 e. The number of alkyl halides is 3. The molecule has 0 N–H and O–H groups in total. The first-order chi connectivity index (χ1) is 16.5. The van der Waals surface area contributed by atoms with E-state index in [0.29, 0.717) is 16.5 Å². The van der Waals surface area contributed by atoms with Gasteiger partial charge in [0.15, 0.2) is 9.84 Å². The molecule has 3 aromatic carbocycles. The number of carbonyl (C=O) groups excluding carboxylic acids is 2. The zero-order valence-corrected chi connectivity index (χ0v) is 18.6. The van der Waals surface area contributed by atoms with Crippen molar-refractivity contribution in [2.24, 2.45) is 0 Å². The van der Waals surface area contributed by atoms with Gasteiger partial charge in [-0.2, -0.15) is 13.2 Å². The van der Waals surface area contributed by atoms with E-state index in [0.717, 1.165) is 23.1 Å². The summed E-state index contributed by atoms with van der Waals surface area (Å²) in [5.74, 6) is -3.56. The fourth-order valence-electron chi connectivity index (χ4n) is 4.64. The number of benzene rings is 3. The van der Waals surface area contributed by atoms with Crippen molar-refractivity contribution < 1.29 is 35.6 Å². The Bertz CT molecular complexity index is 1470. The molecule has 180 valence electrons. The lowest BCUT2D eigenvalue weighted by atomic mass is 10.0. The van der Waals surface area contributed by atoms with Crippen molar-refractivity contribution in [1.29, 1.82) is 0 Å². The van der Waals surface area contributed by atoms with Gasteiger partial charge in [0.25, 0.3) is 10.8 Å². The summed E-state index contributed by atoms with van der Waals surface area (Å²) in [6, 6.07) is 14.8. The Balaban J connectivity index is 1.72. The normalized spacial score (nSPS) is 21.1. The summed E-state index contributed by atoms with van der Waals surface area (Å²) in [5.41, 5.74) is -0.812. The Kier molecular flexibility index (Phi) is 5.03. The van der Waals surface area contributed by atoms with Crippen LogP contribution in [0, 0.1) is 5.82 Å². The van der Waals surface area contributed by atoms with Gasteiger partial charge in [-0.05, 0) is 42.0 Å². The van der Waals surface area contributed by atoms with Crippen molar-refractivity contribution in [3.8, 4) is 0 Å². The SMILES string of the molecule is O=C1CS(=O)(=O)[C@@]2(C(=O)N(Cc3ccc(F)cc3)c3ccccc32)N1c1cccc(C(F)(F)F)c1. The Labute approximate surface area is 197 Å². The summed E-state index contributed by atoms with van der Waals surface area (Å²) in [4.78, 5) is 26.2. The highest BCUT2D eigenvalue weighted by atomic mass is 32.2. The standard InChI is InChI=1S/C24H16F4N2O4S/c25-17-10-8-15(9-11-17)13-29-20-7-2-1-6-19(20)23(22(29)32)30(21(31)14-35(23,33)34)18-5-3-4-16(12-18)24(26,27)28/h1-12H,13-14H2/t23-/m0/s1. The van der Waals surface area contributed by atoms with Gasteiger partial charge in [-0.3, -0.25) is 14.5 Å². The zero-order chi connectivity index (χ0) is 25.2. The van der Waals surface area contributed by atoms with Gasteiger partial charge in [0, 0.05) is 11.3 Å². The van der Waals surface area contributed by atoms with E-state index in [9.17, 15) is 35.6 Å². The van der Waals surface area contributed by atoms with Crippen LogP contribution in [0.1, 0.15) is 16.7 Å². The van der Waals surface area contributed by atoms with Gasteiger partial charge >= 0.3 is 6.18 Å². The summed E-state index contributed by atoms with van der Waals surface area (Å²) in [7, 11) is -4.53. The van der Waals surface area contributed by atoms with E-state index in [1.807, 2.05) is 0 Å². The molecule has 2 amide bonds. The third-order valence-corrected chi connectivity index (χ3v) is 8.21. The highest BCUT2D eigenvalue weighted by molar-refractivity contribution is 7.94. The fraction of sp³-hybridized carbons (Fsp3) is 0.167. The van der Waals surface area contributed by atoms with Crippen molar-refractivity contribution in [2.45, 2.75) is 17.6 Å². The number of hydrogen-bond donors (Lipinski definition) is 0. The number of para-hydroxylation sites is 1. The Morgan fingerprint density at radius 2 is 1.60 bits per heavy atom. The third kappa shape index (κ3) is 3.33. The summed E-state index contributed by atoms with van der Waals surface area (Å²) in [6.07, 6.45) is -4.75. The molecule has 2 heterocycles. The number of halogens is 4. The number of carbonyl (C=O) groups is 2. The highest BCUT2D eigenvalue weighted by Crippen LogP contribution is 2.53. The first kappa shape index (κ1) is 23.0. The molecule has 0 bridgehead atoms. The molecule has 0 radical (unpaired) electrons. The Morgan fingerprint density at radius 1 is 0.914 bits per heavy atom. The number of nitrogens with zero attached hydrogens (tertiary/aromatic N) is 2. The molecular weight excluding hydrogens is 488 g/mol. The van der Waals surface area contributed by atoms with E-state index >= 15 is 0 Å². The Hall–Kier alpha value is -3.73. The van der Waals surface area contributed by atoms with Crippen molar-refractivity contribution in [1.82, 2.24) is 0 Å². The number of amides is 2. The van der Waals surface area contributed by atoms with Gasteiger partial charge in [-0.25, -0.2) is 12.8 Å². The second kappa shape index (κ2) is 7.64. The van der Waals surface area contributed by atoms with Crippen molar-refractivity contribution >= 4 is 33.0 Å². The maximum Gasteiger partial charge on any atom is 0.416 e. The fourth-order valence-corrected chi connectivity index (χ4v) is 6.67. The van der Waals surface area contributed by atoms with Crippen LogP contribution in [0.15, 0.2) is 72.8 Å². The van der Waals surface area contributed by atoms with Gasteiger partial charge in [0.2, 0.25) is 5.91 Å². The summed E-state index contributed by atoms with van der Waals surface area (Å²) < 4.78 is 80.6. The predicted octanol–water partition coefficient (Wildman–Crippen LogP) is 4.01. The number of rotatable bonds is 3. The number of anilines is 2.